The first-order valence-electron chi connectivity index (χ1n) is 5.71. The average molecular weight is 260 g/mol. The van der Waals surface area contributed by atoms with Gasteiger partial charge in [0.2, 0.25) is 0 Å². The Morgan fingerprint density at radius 2 is 2.05 bits per heavy atom. The van der Waals surface area contributed by atoms with Crippen molar-refractivity contribution in [2.75, 3.05) is 0 Å². The molecule has 0 unspecified atom stereocenters. The molecule has 0 bridgehead atoms. The van der Waals surface area contributed by atoms with E-state index in [1.54, 1.807) is 12.1 Å². The van der Waals surface area contributed by atoms with E-state index in [0.717, 1.165) is 0 Å². The summed E-state index contributed by atoms with van der Waals surface area (Å²) in [7, 11) is 0. The second-order valence-electron chi connectivity index (χ2n) is 3.94. The van der Waals surface area contributed by atoms with Gasteiger partial charge in [0.15, 0.2) is 0 Å². The van der Waals surface area contributed by atoms with Crippen LogP contribution in [0, 0.1) is 5.82 Å². The molecule has 0 atom stereocenters. The molecule has 2 rings (SSSR count). The molecule has 0 radical (unpaired) electrons. The molecule has 0 spiro atoms. The van der Waals surface area contributed by atoms with Crippen LogP contribution in [0.15, 0.2) is 36.9 Å². The van der Waals surface area contributed by atoms with E-state index in [2.05, 4.69) is 15.3 Å². The zero-order valence-corrected chi connectivity index (χ0v) is 10.1. The molecule has 98 valence electrons. The fourth-order valence-corrected chi connectivity index (χ4v) is 1.56. The van der Waals surface area contributed by atoms with Crippen molar-refractivity contribution in [3.05, 3.63) is 59.4 Å². The van der Waals surface area contributed by atoms with E-state index >= 15 is 0 Å². The molecule has 2 aromatic rings. The first-order chi connectivity index (χ1) is 9.20. The van der Waals surface area contributed by atoms with Gasteiger partial charge >= 0.3 is 0 Å². The number of nitrogens with one attached hydrogen (secondary N) is 1. The first kappa shape index (κ1) is 13.1. The van der Waals surface area contributed by atoms with Crippen molar-refractivity contribution >= 4 is 5.91 Å². The summed E-state index contributed by atoms with van der Waals surface area (Å²) < 4.78 is 13.7. The van der Waals surface area contributed by atoms with Crippen molar-refractivity contribution in [3.63, 3.8) is 0 Å². The number of nitrogens with zero attached hydrogens (tertiary/aromatic N) is 2. The van der Waals surface area contributed by atoms with Crippen LogP contribution in [0.1, 0.15) is 21.5 Å². The van der Waals surface area contributed by atoms with Crippen LogP contribution in [0.2, 0.25) is 0 Å². The smallest absolute Gasteiger partial charge is 0.254 e. The number of amides is 1. The van der Waals surface area contributed by atoms with Gasteiger partial charge in [0.1, 0.15) is 12.1 Å². The lowest BCUT2D eigenvalue weighted by Gasteiger charge is -2.07. The highest BCUT2D eigenvalue weighted by Crippen LogP contribution is 2.10. The van der Waals surface area contributed by atoms with Crippen LogP contribution in [0.3, 0.4) is 0 Å². The lowest BCUT2D eigenvalue weighted by atomic mass is 10.1. The number of carbonyl (C=O) groups excluding carboxylic acids is 1. The lowest BCUT2D eigenvalue weighted by Crippen LogP contribution is -2.23. The molecule has 0 aliphatic heterocycles. The molecular formula is C13H13FN4O. The van der Waals surface area contributed by atoms with Gasteiger partial charge in [-0.15, -0.1) is 0 Å². The van der Waals surface area contributed by atoms with Gasteiger partial charge in [-0.05, 0) is 11.6 Å². The van der Waals surface area contributed by atoms with Crippen molar-refractivity contribution in [1.29, 1.82) is 0 Å². The largest absolute Gasteiger partial charge is 0.348 e. The van der Waals surface area contributed by atoms with E-state index in [9.17, 15) is 9.18 Å². The molecule has 5 nitrogen and oxygen atoms in total. The maximum absolute atomic E-state index is 13.7. The number of carbonyl (C=O) groups is 1. The van der Waals surface area contributed by atoms with Crippen molar-refractivity contribution in [3.8, 4) is 0 Å². The fourth-order valence-electron chi connectivity index (χ4n) is 1.56. The first-order valence-corrected chi connectivity index (χ1v) is 5.71. The Bertz CT molecular complexity index is 574. The van der Waals surface area contributed by atoms with Gasteiger partial charge in [-0.3, -0.25) is 4.79 Å². The summed E-state index contributed by atoms with van der Waals surface area (Å²) in [5.41, 5.74) is 6.87. The SMILES string of the molecule is NCc1ccc(CNC(=O)c2cncnc2)c(F)c1. The van der Waals surface area contributed by atoms with Crippen LogP contribution in [-0.2, 0) is 13.1 Å². The molecule has 1 aromatic heterocycles. The van der Waals surface area contributed by atoms with Crippen LogP contribution >= 0.6 is 0 Å². The number of nitrogens with two attached hydrogens (primary N) is 1. The molecule has 1 amide bonds. The molecule has 0 aliphatic carbocycles. The molecule has 1 heterocycles. The van der Waals surface area contributed by atoms with Crippen LogP contribution in [0.25, 0.3) is 0 Å². The highest BCUT2D eigenvalue weighted by molar-refractivity contribution is 5.93. The molecule has 0 fully saturated rings. The quantitative estimate of drug-likeness (QED) is 0.859. The summed E-state index contributed by atoms with van der Waals surface area (Å²) in [6.07, 6.45) is 4.13. The van der Waals surface area contributed by atoms with Gasteiger partial charge in [-0.25, -0.2) is 14.4 Å². The van der Waals surface area contributed by atoms with Crippen molar-refractivity contribution in [2.45, 2.75) is 13.1 Å². The number of hydrogen-bond donors (Lipinski definition) is 2. The Labute approximate surface area is 109 Å². The molecule has 6 heteroatoms. The molecule has 3 N–H and O–H groups in total. The van der Waals surface area contributed by atoms with E-state index in [1.807, 2.05) is 0 Å². The molecule has 19 heavy (non-hydrogen) atoms. The Morgan fingerprint density at radius 1 is 1.32 bits per heavy atom. The topological polar surface area (TPSA) is 80.9 Å². The number of hydrogen-bond acceptors (Lipinski definition) is 4. The van der Waals surface area contributed by atoms with Gasteiger partial charge in [0.25, 0.3) is 5.91 Å². The summed E-state index contributed by atoms with van der Waals surface area (Å²) in [6, 6.07) is 4.71. The minimum atomic E-state index is -0.382. The highest BCUT2D eigenvalue weighted by atomic mass is 19.1. The minimum Gasteiger partial charge on any atom is -0.348 e. The zero-order chi connectivity index (χ0) is 13.7. The summed E-state index contributed by atoms with van der Waals surface area (Å²) in [5.74, 6) is -0.726. The van der Waals surface area contributed by atoms with Gasteiger partial charge in [-0.2, -0.15) is 0 Å². The molecular weight excluding hydrogens is 247 g/mol. The Balaban J connectivity index is 2.01. The Hall–Kier alpha value is -2.34. The number of aromatic nitrogens is 2. The molecule has 0 saturated carbocycles. The van der Waals surface area contributed by atoms with E-state index < -0.39 is 0 Å². The van der Waals surface area contributed by atoms with E-state index in [0.29, 0.717) is 16.7 Å². The van der Waals surface area contributed by atoms with Gasteiger partial charge in [0.05, 0.1) is 5.56 Å². The Morgan fingerprint density at radius 3 is 2.68 bits per heavy atom. The third-order valence-electron chi connectivity index (χ3n) is 2.62. The second kappa shape index (κ2) is 6.01. The predicted molar refractivity (Wildman–Crippen MR) is 67.5 cm³/mol. The highest BCUT2D eigenvalue weighted by Gasteiger charge is 2.08. The standard InChI is InChI=1S/C13H13FN4O/c14-12-3-9(4-15)1-2-10(12)7-18-13(19)11-5-16-8-17-6-11/h1-3,5-6,8H,4,7,15H2,(H,18,19). The van der Waals surface area contributed by atoms with Crippen molar-refractivity contribution < 1.29 is 9.18 Å². The molecule has 0 saturated heterocycles. The summed E-state index contributed by atoms with van der Waals surface area (Å²) in [4.78, 5) is 19.2. The van der Waals surface area contributed by atoms with E-state index in [4.69, 9.17) is 5.73 Å². The fraction of sp³-hybridized carbons (Fsp3) is 0.154. The minimum absolute atomic E-state index is 0.102. The summed E-state index contributed by atoms with van der Waals surface area (Å²) in [6.45, 7) is 0.384. The predicted octanol–water partition coefficient (Wildman–Crippen LogP) is 1.00. The van der Waals surface area contributed by atoms with Crippen LogP contribution in [0.5, 0.6) is 0 Å². The van der Waals surface area contributed by atoms with Crippen molar-refractivity contribution in [1.82, 2.24) is 15.3 Å². The van der Waals surface area contributed by atoms with Gasteiger partial charge < -0.3 is 11.1 Å². The normalized spacial score (nSPS) is 10.2. The number of benzene rings is 1. The molecule has 0 aliphatic rings. The summed E-state index contributed by atoms with van der Waals surface area (Å²) in [5, 5.41) is 2.60. The second-order valence-corrected chi connectivity index (χ2v) is 3.94. The van der Waals surface area contributed by atoms with Crippen LogP contribution in [0.4, 0.5) is 4.39 Å². The van der Waals surface area contributed by atoms with Gasteiger partial charge in [-0.1, -0.05) is 12.1 Å². The Kier molecular flexibility index (Phi) is 4.15. The number of rotatable bonds is 4. The maximum Gasteiger partial charge on any atom is 0.254 e. The lowest BCUT2D eigenvalue weighted by molar-refractivity contribution is 0.0950. The van der Waals surface area contributed by atoms with E-state index in [-0.39, 0.29) is 24.8 Å². The summed E-state index contributed by atoms with van der Waals surface area (Å²) >= 11 is 0. The van der Waals surface area contributed by atoms with Crippen molar-refractivity contribution in [2.24, 2.45) is 5.73 Å². The zero-order valence-electron chi connectivity index (χ0n) is 10.1. The van der Waals surface area contributed by atoms with Crippen LogP contribution in [-0.4, -0.2) is 15.9 Å². The number of halogens is 1. The third-order valence-corrected chi connectivity index (χ3v) is 2.62. The molecule has 1 aromatic carbocycles. The van der Waals surface area contributed by atoms with E-state index in [1.165, 1.54) is 24.8 Å². The van der Waals surface area contributed by atoms with Gasteiger partial charge in [0, 0.05) is 31.0 Å². The maximum atomic E-state index is 13.7. The van der Waals surface area contributed by atoms with Crippen LogP contribution < -0.4 is 11.1 Å². The monoisotopic (exact) mass is 260 g/mol. The third kappa shape index (κ3) is 3.32. The average Bonchev–Trinajstić information content (AvgIpc) is 2.46.